The normalized spacial score (nSPS) is 23.3. The molecule has 1 heterocycles. The molecular weight excluding hydrogens is 172 g/mol. The number of hydrogen-bond donors (Lipinski definition) is 3. The van der Waals surface area contributed by atoms with Gasteiger partial charge in [-0.05, 0) is 6.08 Å². The molecular formula is C8H12N2OS. The van der Waals surface area contributed by atoms with Gasteiger partial charge in [-0.3, -0.25) is 0 Å². The van der Waals surface area contributed by atoms with Crippen LogP contribution < -0.4 is 11.1 Å². The van der Waals surface area contributed by atoms with Gasteiger partial charge in [-0.25, -0.2) is 0 Å². The topological polar surface area (TPSA) is 58.3 Å². The smallest absolute Gasteiger partial charge is 0.178 e. The zero-order valence-corrected chi connectivity index (χ0v) is 7.47. The fraction of sp³-hybridized carbons (Fsp3) is 0.250. The van der Waals surface area contributed by atoms with Gasteiger partial charge in [0, 0.05) is 11.4 Å². The van der Waals surface area contributed by atoms with Gasteiger partial charge >= 0.3 is 0 Å². The summed E-state index contributed by atoms with van der Waals surface area (Å²) in [6.45, 7) is 4.14. The summed E-state index contributed by atoms with van der Waals surface area (Å²) in [7, 11) is 0. The van der Waals surface area contributed by atoms with Crippen LogP contribution in [0.4, 0.5) is 0 Å². The van der Waals surface area contributed by atoms with Crippen molar-refractivity contribution in [3.63, 3.8) is 0 Å². The molecule has 0 aromatic rings. The summed E-state index contributed by atoms with van der Waals surface area (Å²) >= 11 is 1.34. The van der Waals surface area contributed by atoms with Crippen LogP contribution in [-0.2, 0) is 0 Å². The van der Waals surface area contributed by atoms with E-state index in [0.29, 0.717) is 6.54 Å². The van der Waals surface area contributed by atoms with Crippen LogP contribution in [-0.4, -0.2) is 17.2 Å². The van der Waals surface area contributed by atoms with Crippen LogP contribution in [0.2, 0.25) is 0 Å². The van der Waals surface area contributed by atoms with E-state index in [1.165, 1.54) is 11.8 Å². The lowest BCUT2D eigenvalue weighted by Gasteiger charge is -2.00. The molecule has 0 spiro atoms. The Bertz CT molecular complexity index is 235. The second-order valence-electron chi connectivity index (χ2n) is 2.23. The molecule has 1 atom stereocenters. The number of allylic oxidation sites excluding steroid dienone is 2. The maximum Gasteiger partial charge on any atom is 0.178 e. The number of aliphatic hydroxyl groups is 1. The van der Waals surface area contributed by atoms with Crippen molar-refractivity contribution in [2.75, 3.05) is 6.54 Å². The van der Waals surface area contributed by atoms with Gasteiger partial charge in [-0.15, -0.1) is 0 Å². The summed E-state index contributed by atoms with van der Waals surface area (Å²) in [6, 6.07) is 0. The average molecular weight is 184 g/mol. The third kappa shape index (κ3) is 2.14. The summed E-state index contributed by atoms with van der Waals surface area (Å²) in [4.78, 5) is 0.951. The molecule has 12 heavy (non-hydrogen) atoms. The minimum Gasteiger partial charge on any atom is -0.364 e. The largest absolute Gasteiger partial charge is 0.364 e. The summed E-state index contributed by atoms with van der Waals surface area (Å²) < 4.78 is 0. The number of hydrogen-bond acceptors (Lipinski definition) is 4. The lowest BCUT2D eigenvalue weighted by molar-refractivity contribution is 0.244. The van der Waals surface area contributed by atoms with E-state index in [1.807, 2.05) is 12.2 Å². The molecule has 1 unspecified atom stereocenters. The van der Waals surface area contributed by atoms with Gasteiger partial charge in [0.15, 0.2) is 5.56 Å². The Kier molecular flexibility index (Phi) is 3.40. The van der Waals surface area contributed by atoms with Gasteiger partial charge in [0.05, 0.1) is 5.70 Å². The van der Waals surface area contributed by atoms with Crippen LogP contribution in [0, 0.1) is 0 Å². The molecule has 0 radical (unpaired) electrons. The van der Waals surface area contributed by atoms with Crippen LogP contribution in [0.5, 0.6) is 0 Å². The van der Waals surface area contributed by atoms with E-state index >= 15 is 0 Å². The van der Waals surface area contributed by atoms with Gasteiger partial charge in [0.25, 0.3) is 0 Å². The second kappa shape index (κ2) is 4.35. The lowest BCUT2D eigenvalue weighted by Crippen LogP contribution is -2.18. The van der Waals surface area contributed by atoms with Gasteiger partial charge < -0.3 is 16.2 Å². The van der Waals surface area contributed by atoms with Gasteiger partial charge in [0.2, 0.25) is 0 Å². The number of aliphatic hydroxyl groups excluding tert-OH is 1. The van der Waals surface area contributed by atoms with Crippen LogP contribution in [0.15, 0.2) is 35.4 Å². The van der Waals surface area contributed by atoms with Gasteiger partial charge in [-0.2, -0.15) is 0 Å². The van der Waals surface area contributed by atoms with E-state index in [9.17, 15) is 5.11 Å². The number of thioether (sulfide) groups is 1. The highest BCUT2D eigenvalue weighted by atomic mass is 32.2. The standard InChI is InChI=1S/C8H12N2OS/c1-2-7-6(4-3-5-9)10-8(11)12-7/h2-4,8,10-11H,1,5,9H2/b4-3-. The predicted octanol–water partition coefficient (Wildman–Crippen LogP) is 0.511. The second-order valence-corrected chi connectivity index (χ2v) is 3.36. The highest BCUT2D eigenvalue weighted by Crippen LogP contribution is 2.29. The van der Waals surface area contributed by atoms with E-state index in [1.54, 1.807) is 6.08 Å². The predicted molar refractivity (Wildman–Crippen MR) is 52.2 cm³/mol. The number of nitrogens with two attached hydrogens (primary N) is 1. The fourth-order valence-corrected chi connectivity index (χ4v) is 1.67. The fourth-order valence-electron chi connectivity index (χ4n) is 0.892. The van der Waals surface area contributed by atoms with Crippen molar-refractivity contribution in [3.8, 4) is 0 Å². The van der Waals surface area contributed by atoms with Crippen molar-refractivity contribution in [3.05, 3.63) is 35.4 Å². The van der Waals surface area contributed by atoms with Crippen molar-refractivity contribution in [1.29, 1.82) is 0 Å². The molecule has 4 heteroatoms. The number of nitrogens with one attached hydrogen (secondary N) is 1. The summed E-state index contributed by atoms with van der Waals surface area (Å²) in [5, 5.41) is 12.1. The molecule has 0 saturated carbocycles. The third-order valence-corrected chi connectivity index (χ3v) is 2.37. The first kappa shape index (κ1) is 9.38. The quantitative estimate of drug-likeness (QED) is 0.598. The lowest BCUT2D eigenvalue weighted by atomic mass is 10.3. The van der Waals surface area contributed by atoms with E-state index in [0.717, 1.165) is 10.6 Å². The van der Waals surface area contributed by atoms with Crippen LogP contribution in [0.1, 0.15) is 0 Å². The summed E-state index contributed by atoms with van der Waals surface area (Å²) in [5.41, 5.74) is 5.62. The maximum absolute atomic E-state index is 9.20. The Morgan fingerprint density at radius 3 is 3.08 bits per heavy atom. The molecule has 0 bridgehead atoms. The van der Waals surface area contributed by atoms with Crippen LogP contribution in [0.3, 0.4) is 0 Å². The Hall–Kier alpha value is -0.710. The molecule has 3 nitrogen and oxygen atoms in total. The van der Waals surface area contributed by atoms with Gasteiger partial charge in [0.1, 0.15) is 0 Å². The highest BCUT2D eigenvalue weighted by Gasteiger charge is 2.17. The minimum atomic E-state index is -0.560. The zero-order chi connectivity index (χ0) is 8.97. The molecule has 0 amide bonds. The molecule has 1 rings (SSSR count). The summed E-state index contributed by atoms with van der Waals surface area (Å²) in [5.74, 6) is 0. The molecule has 0 aromatic carbocycles. The monoisotopic (exact) mass is 184 g/mol. The van der Waals surface area contributed by atoms with Crippen LogP contribution >= 0.6 is 11.8 Å². The average Bonchev–Trinajstić information content (AvgIpc) is 2.42. The maximum atomic E-state index is 9.20. The van der Waals surface area contributed by atoms with E-state index < -0.39 is 5.56 Å². The zero-order valence-electron chi connectivity index (χ0n) is 6.66. The van der Waals surface area contributed by atoms with Crippen LogP contribution in [0.25, 0.3) is 0 Å². The molecule has 1 aliphatic rings. The van der Waals surface area contributed by atoms with Crippen molar-refractivity contribution in [2.45, 2.75) is 5.56 Å². The van der Waals surface area contributed by atoms with Crippen molar-refractivity contribution in [1.82, 2.24) is 5.32 Å². The van der Waals surface area contributed by atoms with Crippen molar-refractivity contribution in [2.24, 2.45) is 5.73 Å². The first-order chi connectivity index (χ1) is 5.77. The number of rotatable bonds is 3. The molecule has 1 aliphatic heterocycles. The molecule has 0 fully saturated rings. The Labute approximate surface area is 76.0 Å². The molecule has 66 valence electrons. The molecule has 0 saturated heterocycles. The summed E-state index contributed by atoms with van der Waals surface area (Å²) in [6.07, 6.45) is 5.38. The van der Waals surface area contributed by atoms with Crippen molar-refractivity contribution >= 4 is 11.8 Å². The Morgan fingerprint density at radius 1 is 1.75 bits per heavy atom. The minimum absolute atomic E-state index is 0.496. The Morgan fingerprint density at radius 2 is 2.50 bits per heavy atom. The molecule has 0 aromatic heterocycles. The Balaban J connectivity index is 2.71. The van der Waals surface area contributed by atoms with E-state index in [-0.39, 0.29) is 0 Å². The van der Waals surface area contributed by atoms with Crippen molar-refractivity contribution < 1.29 is 5.11 Å². The SMILES string of the molecule is C=CC1=C(/C=C\CN)NC(O)S1. The highest BCUT2D eigenvalue weighted by molar-refractivity contribution is 8.03. The first-order valence-corrected chi connectivity index (χ1v) is 4.50. The first-order valence-electron chi connectivity index (χ1n) is 3.62. The van der Waals surface area contributed by atoms with E-state index in [2.05, 4.69) is 11.9 Å². The van der Waals surface area contributed by atoms with Gasteiger partial charge in [-0.1, -0.05) is 30.5 Å². The third-order valence-electron chi connectivity index (χ3n) is 1.39. The molecule has 4 N–H and O–H groups in total. The van der Waals surface area contributed by atoms with E-state index in [4.69, 9.17) is 5.73 Å². The molecule has 0 aliphatic carbocycles.